The molecule has 0 aliphatic carbocycles. The maximum atomic E-state index is 5.56. The highest BCUT2D eigenvalue weighted by atomic mass is 32.2. The highest BCUT2D eigenvalue weighted by molar-refractivity contribution is 8.00. The molecule has 8 rings (SSSR count). The zero-order valence-electron chi connectivity index (χ0n) is 32.0. The van der Waals surface area contributed by atoms with E-state index in [-0.39, 0.29) is 10.5 Å². The highest BCUT2D eigenvalue weighted by Crippen LogP contribution is 2.48. The molecule has 0 saturated heterocycles. The maximum absolute atomic E-state index is 5.56. The van der Waals surface area contributed by atoms with E-state index in [0.29, 0.717) is 0 Å². The van der Waals surface area contributed by atoms with Gasteiger partial charge in [0.1, 0.15) is 23.0 Å². The second-order valence-electron chi connectivity index (χ2n) is 13.8. The highest BCUT2D eigenvalue weighted by Gasteiger charge is 2.25. The first-order valence-electron chi connectivity index (χ1n) is 18.8. The van der Waals surface area contributed by atoms with Crippen molar-refractivity contribution in [2.75, 3.05) is 28.4 Å². The summed E-state index contributed by atoms with van der Waals surface area (Å²) in [6, 6.07) is 47.1. The van der Waals surface area contributed by atoms with Crippen molar-refractivity contribution in [2.45, 2.75) is 46.0 Å². The Labute approximate surface area is 338 Å². The molecule has 2 unspecified atom stereocenters. The third-order valence-electron chi connectivity index (χ3n) is 10.4. The molecule has 2 aliphatic rings. The monoisotopic (exact) mass is 776 g/mol. The molecule has 6 aromatic rings. The molecule has 0 radical (unpaired) electrons. The van der Waals surface area contributed by atoms with Gasteiger partial charge in [-0.3, -0.25) is 9.98 Å². The van der Waals surface area contributed by atoms with E-state index in [0.717, 1.165) is 92.4 Å². The van der Waals surface area contributed by atoms with Crippen molar-refractivity contribution in [3.05, 3.63) is 167 Å². The van der Waals surface area contributed by atoms with Crippen molar-refractivity contribution >= 4 is 46.3 Å². The van der Waals surface area contributed by atoms with Crippen molar-refractivity contribution in [1.82, 2.24) is 0 Å². The van der Waals surface area contributed by atoms with Crippen LogP contribution < -0.4 is 18.9 Å². The number of fused-ring (bicyclic) bond motifs is 2. The Morgan fingerprint density at radius 3 is 1.16 bits per heavy atom. The number of nitrogens with zero attached hydrogens (tertiary/aromatic N) is 2. The largest absolute Gasteiger partial charge is 0.497 e. The number of hydrogen-bond acceptors (Lipinski definition) is 8. The van der Waals surface area contributed by atoms with Gasteiger partial charge in [-0.15, -0.1) is 23.5 Å². The number of aliphatic imine (C=N–C) groups is 2. The van der Waals surface area contributed by atoms with Crippen LogP contribution >= 0.6 is 23.5 Å². The Morgan fingerprint density at radius 1 is 0.446 bits per heavy atom. The van der Waals surface area contributed by atoms with E-state index in [4.69, 9.17) is 28.9 Å². The number of thioether (sulfide) groups is 2. The first-order valence-corrected chi connectivity index (χ1v) is 20.6. The number of rotatable bonds is 11. The number of benzene rings is 6. The standard InChI is InChI=1S/C48H44N2O4S2/c1-51-37-19-15-35(16-20-37)47-29-41(49-43-27-39(53-3)23-25-45(43)55-47)33-11-7-31(8-12-33)5-6-32-9-13-34(14-10-32)42-30-48(36-17-21-38(52-2)22-18-36)56-46-26-24-40(54-4)28-44(46)50-42/h7-28,47-48H,5-6,29-30H2,1-4H3. The first-order chi connectivity index (χ1) is 27.5. The maximum Gasteiger partial charge on any atom is 0.121 e. The Balaban J connectivity index is 0.984. The molecule has 0 N–H and O–H groups in total. The summed E-state index contributed by atoms with van der Waals surface area (Å²) in [5.74, 6) is 3.34. The molecule has 56 heavy (non-hydrogen) atoms. The lowest BCUT2D eigenvalue weighted by molar-refractivity contribution is 0.414. The fourth-order valence-corrected chi connectivity index (χ4v) is 9.56. The number of aryl methyl sites for hydroxylation is 2. The number of hydrogen-bond donors (Lipinski definition) is 0. The van der Waals surface area contributed by atoms with Gasteiger partial charge in [-0.05, 0) is 94.8 Å². The summed E-state index contributed by atoms with van der Waals surface area (Å²) in [5, 5.41) is 0.427. The van der Waals surface area contributed by atoms with Gasteiger partial charge in [0.05, 0.1) is 39.8 Å². The third kappa shape index (κ3) is 8.52. The second-order valence-corrected chi connectivity index (χ2v) is 16.3. The van der Waals surface area contributed by atoms with Crippen LogP contribution in [0.5, 0.6) is 23.0 Å². The van der Waals surface area contributed by atoms with E-state index in [1.165, 1.54) is 22.3 Å². The third-order valence-corrected chi connectivity index (χ3v) is 13.0. The zero-order valence-corrected chi connectivity index (χ0v) is 33.7. The molecule has 8 heteroatoms. The molecule has 2 heterocycles. The van der Waals surface area contributed by atoms with Crippen LogP contribution in [0.1, 0.15) is 56.7 Å². The van der Waals surface area contributed by atoms with Gasteiger partial charge < -0.3 is 18.9 Å². The average Bonchev–Trinajstić information content (AvgIpc) is 3.58. The van der Waals surface area contributed by atoms with Crippen molar-refractivity contribution in [3.63, 3.8) is 0 Å². The van der Waals surface area contributed by atoms with Crippen LogP contribution in [0.3, 0.4) is 0 Å². The molecule has 6 aromatic carbocycles. The summed E-state index contributed by atoms with van der Waals surface area (Å²) in [4.78, 5) is 12.7. The van der Waals surface area contributed by atoms with Gasteiger partial charge >= 0.3 is 0 Å². The van der Waals surface area contributed by atoms with Crippen LogP contribution in [-0.2, 0) is 12.8 Å². The van der Waals surface area contributed by atoms with Gasteiger partial charge in [0.2, 0.25) is 0 Å². The van der Waals surface area contributed by atoms with Crippen molar-refractivity contribution < 1.29 is 18.9 Å². The van der Waals surface area contributed by atoms with Gasteiger partial charge in [0, 0.05) is 56.7 Å². The molecule has 0 saturated carbocycles. The van der Waals surface area contributed by atoms with Gasteiger partial charge in [-0.2, -0.15) is 0 Å². The van der Waals surface area contributed by atoms with Crippen LogP contribution in [0.25, 0.3) is 0 Å². The Hall–Kier alpha value is -5.44. The fraction of sp³-hybridized carbons (Fsp3) is 0.208. The molecule has 0 aromatic heterocycles. The van der Waals surface area contributed by atoms with E-state index in [1.807, 2.05) is 72.1 Å². The first kappa shape index (κ1) is 37.5. The minimum absolute atomic E-state index is 0.213. The van der Waals surface area contributed by atoms with Gasteiger partial charge in [-0.25, -0.2) is 0 Å². The van der Waals surface area contributed by atoms with E-state index in [2.05, 4.69) is 84.9 Å². The van der Waals surface area contributed by atoms with E-state index >= 15 is 0 Å². The van der Waals surface area contributed by atoms with Gasteiger partial charge in [-0.1, -0.05) is 72.8 Å². The smallest absolute Gasteiger partial charge is 0.121 e. The lowest BCUT2D eigenvalue weighted by Crippen LogP contribution is -2.06. The summed E-state index contributed by atoms with van der Waals surface area (Å²) in [6.45, 7) is 0. The van der Waals surface area contributed by atoms with Gasteiger partial charge in [0.25, 0.3) is 0 Å². The van der Waals surface area contributed by atoms with E-state index in [9.17, 15) is 0 Å². The number of methoxy groups -OCH3 is 4. The minimum atomic E-state index is 0.213. The molecule has 2 atom stereocenters. The van der Waals surface area contributed by atoms with Crippen molar-refractivity contribution in [1.29, 1.82) is 0 Å². The predicted molar refractivity (Wildman–Crippen MR) is 231 cm³/mol. The molecule has 282 valence electrons. The molecule has 0 amide bonds. The van der Waals surface area contributed by atoms with Crippen LogP contribution in [-0.4, -0.2) is 39.9 Å². The average molecular weight is 777 g/mol. The van der Waals surface area contributed by atoms with Crippen LogP contribution in [0.2, 0.25) is 0 Å². The zero-order chi connectivity index (χ0) is 38.4. The number of ether oxygens (including phenoxy) is 4. The normalized spacial score (nSPS) is 16.3. The SMILES string of the molecule is COc1ccc(C2CC(c3ccc(CCc4ccc(C5=Nc6cc(OC)ccc6SC(c6ccc(OC)cc6)C5)cc4)cc3)=Nc3cc(OC)ccc3S2)cc1. The fourth-order valence-electron chi connectivity index (χ4n) is 7.14. The molecule has 6 nitrogen and oxygen atoms in total. The van der Waals surface area contributed by atoms with Crippen LogP contribution in [0.4, 0.5) is 11.4 Å². The lowest BCUT2D eigenvalue weighted by Gasteiger charge is -2.17. The molecule has 0 spiro atoms. The minimum Gasteiger partial charge on any atom is -0.497 e. The van der Waals surface area contributed by atoms with E-state index < -0.39 is 0 Å². The summed E-state index contributed by atoms with van der Waals surface area (Å²) in [7, 11) is 6.81. The summed E-state index contributed by atoms with van der Waals surface area (Å²) >= 11 is 3.70. The van der Waals surface area contributed by atoms with Crippen molar-refractivity contribution in [2.24, 2.45) is 9.98 Å². The lowest BCUT2D eigenvalue weighted by atomic mass is 9.97. The predicted octanol–water partition coefficient (Wildman–Crippen LogP) is 12.2. The molecular formula is C48H44N2O4S2. The topological polar surface area (TPSA) is 61.6 Å². The Kier molecular flexibility index (Phi) is 11.5. The van der Waals surface area contributed by atoms with Crippen molar-refractivity contribution in [3.8, 4) is 23.0 Å². The quantitative estimate of drug-likeness (QED) is 0.131. The summed E-state index contributed by atoms with van der Waals surface area (Å²) in [6.07, 6.45) is 3.51. The Bertz CT molecular complexity index is 2190. The van der Waals surface area contributed by atoms with Gasteiger partial charge in [0.15, 0.2) is 0 Å². The molecule has 2 aliphatic heterocycles. The molecule has 0 fully saturated rings. The Morgan fingerprint density at radius 2 is 0.804 bits per heavy atom. The van der Waals surface area contributed by atoms with E-state index in [1.54, 1.807) is 28.4 Å². The molecular weight excluding hydrogens is 733 g/mol. The van der Waals surface area contributed by atoms with Crippen LogP contribution in [0, 0.1) is 0 Å². The summed E-state index contributed by atoms with van der Waals surface area (Å²) in [5.41, 5.74) is 11.4. The molecule has 0 bridgehead atoms. The summed E-state index contributed by atoms with van der Waals surface area (Å²) < 4.78 is 22.0. The van der Waals surface area contributed by atoms with Crippen LogP contribution in [0.15, 0.2) is 153 Å². The second kappa shape index (κ2) is 17.1.